The van der Waals surface area contributed by atoms with Crippen molar-refractivity contribution in [2.75, 3.05) is 0 Å². The molecule has 4 rings (SSSR count). The summed E-state index contributed by atoms with van der Waals surface area (Å²) in [4.78, 5) is 7.96. The molecule has 0 spiro atoms. The van der Waals surface area contributed by atoms with Gasteiger partial charge in [-0.15, -0.1) is 0 Å². The number of sulfonamides is 1. The topological polar surface area (TPSA) is 101 Å². The zero-order chi connectivity index (χ0) is 25.5. The van der Waals surface area contributed by atoms with E-state index in [-0.39, 0.29) is 17.0 Å². The van der Waals surface area contributed by atoms with Crippen molar-refractivity contribution in [1.29, 1.82) is 5.26 Å². The lowest BCUT2D eigenvalue weighted by Crippen LogP contribution is -2.42. The summed E-state index contributed by atoms with van der Waals surface area (Å²) in [7, 11) is -4.52. The van der Waals surface area contributed by atoms with Gasteiger partial charge in [0.25, 0.3) is 0 Å². The molecule has 0 radical (unpaired) electrons. The second-order valence-corrected chi connectivity index (χ2v) is 9.46. The lowest BCUT2D eigenvalue weighted by Gasteiger charge is -2.17. The SMILES string of the molecule is Cc1cc2c(cc1F)c(C#N)c(-c1ccc(S(=O)(=O)N[C@H](C)C(F)(F)F)cn1)n2-c1ccccn1. The molecule has 0 aliphatic rings. The Kier molecular flexibility index (Phi) is 6.08. The number of rotatable bonds is 5. The van der Waals surface area contributed by atoms with Crippen LogP contribution in [0.5, 0.6) is 0 Å². The van der Waals surface area contributed by atoms with Crippen LogP contribution >= 0.6 is 0 Å². The summed E-state index contributed by atoms with van der Waals surface area (Å²) in [6.07, 6.45) is -2.34. The van der Waals surface area contributed by atoms with E-state index >= 15 is 0 Å². The van der Waals surface area contributed by atoms with Gasteiger partial charge in [0.05, 0.1) is 22.5 Å². The molecule has 3 aromatic heterocycles. The second kappa shape index (κ2) is 8.75. The van der Waals surface area contributed by atoms with Crippen LogP contribution < -0.4 is 4.72 Å². The van der Waals surface area contributed by atoms with Crippen LogP contribution in [0, 0.1) is 24.1 Å². The minimum absolute atomic E-state index is 0.0801. The standard InChI is InChI=1S/C23H17F4N5O2S/c1-13-9-20-16(10-18(13)24)17(11-28)22(32(20)21-5-3-4-8-29-21)19-7-6-15(12-30-19)35(33,34)31-14(2)23(25,26)27/h3-10,12,14,31H,1-2H3/t14-/m1/s1. The molecule has 12 heteroatoms. The van der Waals surface area contributed by atoms with Gasteiger partial charge in [-0.2, -0.15) is 23.2 Å². The van der Waals surface area contributed by atoms with Gasteiger partial charge in [-0.25, -0.2) is 17.8 Å². The smallest absolute Gasteiger partial charge is 0.291 e. The number of alkyl halides is 3. The first-order valence-corrected chi connectivity index (χ1v) is 11.6. The minimum Gasteiger partial charge on any atom is -0.291 e. The Morgan fingerprint density at radius 2 is 1.89 bits per heavy atom. The molecule has 4 aromatic rings. The van der Waals surface area contributed by atoms with E-state index < -0.39 is 33.0 Å². The predicted molar refractivity (Wildman–Crippen MR) is 120 cm³/mol. The third-order valence-electron chi connectivity index (χ3n) is 5.35. The van der Waals surface area contributed by atoms with Crippen molar-refractivity contribution in [3.05, 3.63) is 71.8 Å². The largest absolute Gasteiger partial charge is 0.404 e. The van der Waals surface area contributed by atoms with Crippen LogP contribution in [-0.4, -0.2) is 35.2 Å². The molecule has 7 nitrogen and oxygen atoms in total. The quantitative estimate of drug-likeness (QED) is 0.400. The van der Waals surface area contributed by atoms with Crippen molar-refractivity contribution in [3.63, 3.8) is 0 Å². The summed E-state index contributed by atoms with van der Waals surface area (Å²) in [5, 5.41) is 10.2. The molecule has 0 fully saturated rings. The fraction of sp³-hybridized carbons (Fsp3) is 0.174. The van der Waals surface area contributed by atoms with Crippen molar-refractivity contribution in [2.24, 2.45) is 0 Å². The number of hydrogen-bond donors (Lipinski definition) is 1. The van der Waals surface area contributed by atoms with Crippen LogP contribution in [0.25, 0.3) is 28.1 Å². The molecule has 0 amide bonds. The first-order valence-electron chi connectivity index (χ1n) is 10.2. The third-order valence-corrected chi connectivity index (χ3v) is 6.88. The highest BCUT2D eigenvalue weighted by Crippen LogP contribution is 2.36. The molecule has 0 aliphatic heterocycles. The van der Waals surface area contributed by atoms with Gasteiger partial charge >= 0.3 is 6.18 Å². The van der Waals surface area contributed by atoms with Crippen molar-refractivity contribution in [1.82, 2.24) is 19.3 Å². The Bertz CT molecular complexity index is 1560. The number of pyridine rings is 2. The Morgan fingerprint density at radius 3 is 2.46 bits per heavy atom. The van der Waals surface area contributed by atoms with Gasteiger partial charge in [0.1, 0.15) is 28.6 Å². The van der Waals surface area contributed by atoms with Crippen molar-refractivity contribution < 1.29 is 26.0 Å². The molecular formula is C23H17F4N5O2S. The van der Waals surface area contributed by atoms with Crippen LogP contribution in [-0.2, 0) is 10.0 Å². The fourth-order valence-electron chi connectivity index (χ4n) is 3.54. The number of nitriles is 1. The molecule has 0 saturated carbocycles. The van der Waals surface area contributed by atoms with E-state index in [4.69, 9.17) is 0 Å². The normalized spacial score (nSPS) is 13.1. The number of halogens is 4. The minimum atomic E-state index is -4.76. The third kappa shape index (κ3) is 4.48. The van der Waals surface area contributed by atoms with Crippen LogP contribution in [0.3, 0.4) is 0 Å². The summed E-state index contributed by atoms with van der Waals surface area (Å²) in [6, 6.07) is 9.97. The molecule has 1 N–H and O–H groups in total. The molecule has 1 atom stereocenters. The highest BCUT2D eigenvalue weighted by Gasteiger charge is 2.39. The average Bonchev–Trinajstić information content (AvgIpc) is 3.12. The summed E-state index contributed by atoms with van der Waals surface area (Å²) < 4.78 is 80.8. The molecule has 35 heavy (non-hydrogen) atoms. The Morgan fingerprint density at radius 1 is 1.14 bits per heavy atom. The van der Waals surface area contributed by atoms with Gasteiger partial charge in [0.15, 0.2) is 0 Å². The van der Waals surface area contributed by atoms with E-state index in [1.165, 1.54) is 18.3 Å². The second-order valence-electron chi connectivity index (χ2n) is 7.74. The van der Waals surface area contributed by atoms with Gasteiger partial charge in [0.2, 0.25) is 10.0 Å². The highest BCUT2D eigenvalue weighted by molar-refractivity contribution is 7.89. The number of nitrogens with one attached hydrogen (secondary N) is 1. The summed E-state index contributed by atoms with van der Waals surface area (Å²) >= 11 is 0. The lowest BCUT2D eigenvalue weighted by molar-refractivity contribution is -0.147. The van der Waals surface area contributed by atoms with Crippen LogP contribution in [0.1, 0.15) is 18.1 Å². The summed E-state index contributed by atoms with van der Waals surface area (Å²) in [6.45, 7) is 2.26. The Labute approximate surface area is 197 Å². The van der Waals surface area contributed by atoms with Crippen LogP contribution in [0.2, 0.25) is 0 Å². The van der Waals surface area contributed by atoms with Crippen molar-refractivity contribution in [3.8, 4) is 23.3 Å². The van der Waals surface area contributed by atoms with E-state index in [0.29, 0.717) is 29.2 Å². The van der Waals surface area contributed by atoms with E-state index in [2.05, 4.69) is 16.0 Å². The number of nitrogens with zero attached hydrogens (tertiary/aromatic N) is 4. The van der Waals surface area contributed by atoms with Gasteiger partial charge in [-0.3, -0.25) is 9.55 Å². The van der Waals surface area contributed by atoms with Gasteiger partial charge in [0, 0.05) is 17.8 Å². The number of aromatic nitrogens is 3. The van der Waals surface area contributed by atoms with E-state index in [0.717, 1.165) is 12.3 Å². The Balaban J connectivity index is 1.90. The number of hydrogen-bond acceptors (Lipinski definition) is 5. The predicted octanol–water partition coefficient (Wildman–Crippen LogP) is 4.64. The maximum Gasteiger partial charge on any atom is 0.404 e. The Hall–Kier alpha value is -3.82. The number of aryl methyl sites for hydroxylation is 1. The molecule has 180 valence electrons. The molecule has 1 aromatic carbocycles. The summed E-state index contributed by atoms with van der Waals surface area (Å²) in [5.74, 6) is -0.114. The molecule has 0 saturated heterocycles. The maximum absolute atomic E-state index is 14.4. The maximum atomic E-state index is 14.4. The summed E-state index contributed by atoms with van der Waals surface area (Å²) in [5.41, 5.74) is 1.27. The van der Waals surface area contributed by atoms with Gasteiger partial charge in [-0.1, -0.05) is 6.07 Å². The molecular weight excluding hydrogens is 486 g/mol. The molecule has 0 aliphatic carbocycles. The first kappa shape index (κ1) is 24.3. The van der Waals surface area contributed by atoms with Crippen LogP contribution in [0.4, 0.5) is 17.6 Å². The fourth-order valence-corrected chi connectivity index (χ4v) is 4.71. The van der Waals surface area contributed by atoms with Gasteiger partial charge in [-0.05, 0) is 55.8 Å². The lowest BCUT2D eigenvalue weighted by atomic mass is 10.1. The van der Waals surface area contributed by atoms with Crippen molar-refractivity contribution >= 4 is 20.9 Å². The zero-order valence-electron chi connectivity index (χ0n) is 18.3. The average molecular weight is 503 g/mol. The van der Waals surface area contributed by atoms with Gasteiger partial charge < -0.3 is 0 Å². The van der Waals surface area contributed by atoms with E-state index in [9.17, 15) is 31.2 Å². The van der Waals surface area contributed by atoms with E-state index in [1.807, 2.05) is 0 Å². The first-order chi connectivity index (χ1) is 16.4. The van der Waals surface area contributed by atoms with Crippen molar-refractivity contribution in [2.45, 2.75) is 31.0 Å². The van der Waals surface area contributed by atoms with Crippen LogP contribution in [0.15, 0.2) is 59.8 Å². The highest BCUT2D eigenvalue weighted by atomic mass is 32.2. The number of fused-ring (bicyclic) bond motifs is 1. The monoisotopic (exact) mass is 503 g/mol. The molecule has 3 heterocycles. The molecule has 0 bridgehead atoms. The zero-order valence-corrected chi connectivity index (χ0v) is 19.1. The molecule has 0 unspecified atom stereocenters. The van der Waals surface area contributed by atoms with E-state index in [1.54, 1.807) is 40.5 Å². The number of benzene rings is 1.